The van der Waals surface area contributed by atoms with E-state index >= 15 is 0 Å². The van der Waals surface area contributed by atoms with E-state index < -0.39 is 10.0 Å². The van der Waals surface area contributed by atoms with Gasteiger partial charge in [0, 0.05) is 24.1 Å². The molecule has 1 N–H and O–H groups in total. The van der Waals surface area contributed by atoms with Crippen LogP contribution < -0.4 is 4.31 Å². The third kappa shape index (κ3) is 1.88. The Hall–Kier alpha value is -1.20. The standard InChI is InChI=1S/C10H11ClN2O2S/c1-13(16(2,14)15)7-3-4-10-8(5-7)9(11)6-12-10/h3-6,12H,1-2H3. The first-order chi connectivity index (χ1) is 7.39. The van der Waals surface area contributed by atoms with Crippen molar-refractivity contribution in [1.82, 2.24) is 4.98 Å². The van der Waals surface area contributed by atoms with E-state index in [4.69, 9.17) is 11.6 Å². The molecule has 0 bridgehead atoms. The van der Waals surface area contributed by atoms with Crippen LogP contribution in [-0.4, -0.2) is 26.7 Å². The minimum atomic E-state index is -3.24. The van der Waals surface area contributed by atoms with Crippen molar-refractivity contribution in [2.24, 2.45) is 0 Å². The number of halogens is 1. The van der Waals surface area contributed by atoms with E-state index in [0.29, 0.717) is 10.7 Å². The SMILES string of the molecule is CN(c1ccc2[nH]cc(Cl)c2c1)S(C)(=O)=O. The first-order valence-electron chi connectivity index (χ1n) is 4.60. The van der Waals surface area contributed by atoms with Crippen LogP contribution in [0.3, 0.4) is 0 Å². The van der Waals surface area contributed by atoms with Gasteiger partial charge in [-0.15, -0.1) is 0 Å². The largest absolute Gasteiger partial charge is 0.360 e. The van der Waals surface area contributed by atoms with E-state index in [2.05, 4.69) is 4.98 Å². The molecule has 2 aromatic rings. The number of nitrogens with one attached hydrogen (secondary N) is 1. The Morgan fingerprint density at radius 3 is 2.69 bits per heavy atom. The highest BCUT2D eigenvalue weighted by atomic mass is 35.5. The number of anilines is 1. The van der Waals surface area contributed by atoms with Crippen LogP contribution in [0.5, 0.6) is 0 Å². The van der Waals surface area contributed by atoms with E-state index in [9.17, 15) is 8.42 Å². The number of aromatic nitrogens is 1. The number of hydrogen-bond acceptors (Lipinski definition) is 2. The molecule has 0 aliphatic heterocycles. The van der Waals surface area contributed by atoms with Crippen LogP contribution in [0.2, 0.25) is 5.02 Å². The lowest BCUT2D eigenvalue weighted by atomic mass is 10.2. The van der Waals surface area contributed by atoms with Crippen molar-refractivity contribution in [3.63, 3.8) is 0 Å². The third-order valence-corrected chi connectivity index (χ3v) is 3.99. The van der Waals surface area contributed by atoms with Crippen molar-refractivity contribution >= 4 is 38.2 Å². The Morgan fingerprint density at radius 1 is 1.38 bits per heavy atom. The Labute approximate surface area is 98.9 Å². The fraction of sp³-hybridized carbons (Fsp3) is 0.200. The van der Waals surface area contributed by atoms with E-state index in [-0.39, 0.29) is 0 Å². The maximum absolute atomic E-state index is 11.4. The van der Waals surface area contributed by atoms with E-state index in [1.807, 2.05) is 0 Å². The quantitative estimate of drug-likeness (QED) is 0.898. The molecule has 0 fully saturated rings. The topological polar surface area (TPSA) is 53.2 Å². The number of benzene rings is 1. The minimum absolute atomic E-state index is 0.582. The van der Waals surface area contributed by atoms with Gasteiger partial charge in [-0.1, -0.05) is 11.6 Å². The first-order valence-corrected chi connectivity index (χ1v) is 6.83. The van der Waals surface area contributed by atoms with Crippen LogP contribution in [0.4, 0.5) is 5.69 Å². The molecule has 0 saturated carbocycles. The molecular formula is C10H11ClN2O2S. The van der Waals surface area contributed by atoms with Gasteiger partial charge in [0.05, 0.1) is 17.0 Å². The number of sulfonamides is 1. The summed E-state index contributed by atoms with van der Waals surface area (Å²) < 4.78 is 24.0. The maximum atomic E-state index is 11.4. The Balaban J connectivity index is 2.58. The van der Waals surface area contributed by atoms with Crippen molar-refractivity contribution in [1.29, 1.82) is 0 Å². The summed E-state index contributed by atoms with van der Waals surface area (Å²) in [6, 6.07) is 5.28. The van der Waals surface area contributed by atoms with Crippen molar-refractivity contribution in [2.45, 2.75) is 0 Å². The summed E-state index contributed by atoms with van der Waals surface area (Å²) in [7, 11) is -1.73. The van der Waals surface area contributed by atoms with Gasteiger partial charge in [-0.3, -0.25) is 4.31 Å². The van der Waals surface area contributed by atoms with Gasteiger partial charge in [0.15, 0.2) is 0 Å². The number of fused-ring (bicyclic) bond motifs is 1. The van der Waals surface area contributed by atoms with Gasteiger partial charge in [0.2, 0.25) is 10.0 Å². The van der Waals surface area contributed by atoms with Crippen molar-refractivity contribution < 1.29 is 8.42 Å². The fourth-order valence-electron chi connectivity index (χ4n) is 1.46. The predicted molar refractivity (Wildman–Crippen MR) is 66.6 cm³/mol. The average molecular weight is 259 g/mol. The van der Waals surface area contributed by atoms with Gasteiger partial charge in [-0.25, -0.2) is 8.42 Å². The monoisotopic (exact) mass is 258 g/mol. The van der Waals surface area contributed by atoms with E-state index in [1.165, 1.54) is 11.4 Å². The molecule has 1 aromatic heterocycles. The fourth-order valence-corrected chi connectivity index (χ4v) is 2.17. The zero-order valence-electron chi connectivity index (χ0n) is 8.86. The zero-order valence-corrected chi connectivity index (χ0v) is 10.4. The summed E-state index contributed by atoms with van der Waals surface area (Å²) in [6.07, 6.45) is 2.84. The molecule has 0 radical (unpaired) electrons. The lowest BCUT2D eigenvalue weighted by Crippen LogP contribution is -2.24. The Bertz CT molecular complexity index is 633. The van der Waals surface area contributed by atoms with Crippen LogP contribution in [0.15, 0.2) is 24.4 Å². The molecule has 4 nitrogen and oxygen atoms in total. The van der Waals surface area contributed by atoms with Crippen LogP contribution in [0, 0.1) is 0 Å². The summed E-state index contributed by atoms with van der Waals surface area (Å²) in [6.45, 7) is 0. The van der Waals surface area contributed by atoms with Gasteiger partial charge >= 0.3 is 0 Å². The maximum Gasteiger partial charge on any atom is 0.231 e. The molecule has 0 amide bonds. The Kier molecular flexibility index (Phi) is 2.59. The number of nitrogens with zero attached hydrogens (tertiary/aromatic N) is 1. The molecule has 0 saturated heterocycles. The normalized spacial score (nSPS) is 11.9. The van der Waals surface area contributed by atoms with Gasteiger partial charge < -0.3 is 4.98 Å². The molecule has 1 heterocycles. The van der Waals surface area contributed by atoms with Crippen molar-refractivity contribution in [3.8, 4) is 0 Å². The van der Waals surface area contributed by atoms with Crippen LogP contribution in [0.25, 0.3) is 10.9 Å². The molecule has 2 rings (SSSR count). The van der Waals surface area contributed by atoms with E-state index in [1.54, 1.807) is 24.4 Å². The molecule has 1 aromatic carbocycles. The summed E-state index contributed by atoms with van der Waals surface area (Å²) >= 11 is 5.96. The van der Waals surface area contributed by atoms with Crippen molar-refractivity contribution in [2.75, 3.05) is 17.6 Å². The summed E-state index contributed by atoms with van der Waals surface area (Å²) in [5, 5.41) is 1.40. The first kappa shape index (κ1) is 11.3. The molecule has 0 aliphatic carbocycles. The molecule has 0 spiro atoms. The third-order valence-electron chi connectivity index (χ3n) is 2.48. The predicted octanol–water partition coefficient (Wildman–Crippen LogP) is 2.22. The molecule has 86 valence electrons. The van der Waals surface area contributed by atoms with E-state index in [0.717, 1.165) is 17.2 Å². The number of aromatic amines is 1. The minimum Gasteiger partial charge on any atom is -0.360 e. The van der Waals surface area contributed by atoms with Crippen molar-refractivity contribution in [3.05, 3.63) is 29.4 Å². The summed E-state index contributed by atoms with van der Waals surface area (Å²) in [4.78, 5) is 2.99. The van der Waals surface area contributed by atoms with Crippen LogP contribution in [-0.2, 0) is 10.0 Å². The molecule has 6 heteroatoms. The molecular weight excluding hydrogens is 248 g/mol. The zero-order chi connectivity index (χ0) is 11.9. The van der Waals surface area contributed by atoms with Crippen LogP contribution >= 0.6 is 11.6 Å². The summed E-state index contributed by atoms with van der Waals surface area (Å²) in [5.41, 5.74) is 1.48. The summed E-state index contributed by atoms with van der Waals surface area (Å²) in [5.74, 6) is 0. The van der Waals surface area contributed by atoms with Gasteiger partial charge in [0.25, 0.3) is 0 Å². The molecule has 0 aliphatic rings. The second-order valence-corrected chi connectivity index (χ2v) is 6.02. The highest BCUT2D eigenvalue weighted by molar-refractivity contribution is 7.92. The van der Waals surface area contributed by atoms with Gasteiger partial charge in [-0.2, -0.15) is 0 Å². The highest BCUT2D eigenvalue weighted by Crippen LogP contribution is 2.27. The average Bonchev–Trinajstić information content (AvgIpc) is 2.58. The lowest BCUT2D eigenvalue weighted by molar-refractivity contribution is 0.600. The Morgan fingerprint density at radius 2 is 2.06 bits per heavy atom. The molecule has 0 unspecified atom stereocenters. The molecule has 0 atom stereocenters. The second kappa shape index (κ2) is 3.68. The second-order valence-electron chi connectivity index (χ2n) is 3.60. The number of rotatable bonds is 2. The smallest absolute Gasteiger partial charge is 0.231 e. The van der Waals surface area contributed by atoms with Gasteiger partial charge in [0.1, 0.15) is 0 Å². The molecule has 16 heavy (non-hydrogen) atoms. The lowest BCUT2D eigenvalue weighted by Gasteiger charge is -2.16. The van der Waals surface area contributed by atoms with Crippen LogP contribution in [0.1, 0.15) is 0 Å². The number of H-pyrrole nitrogens is 1. The number of hydrogen-bond donors (Lipinski definition) is 1. The highest BCUT2D eigenvalue weighted by Gasteiger charge is 2.13. The van der Waals surface area contributed by atoms with Gasteiger partial charge in [-0.05, 0) is 18.2 Å².